The lowest BCUT2D eigenvalue weighted by molar-refractivity contribution is 0.670. The van der Waals surface area contributed by atoms with Gasteiger partial charge in [0.15, 0.2) is 0 Å². The Labute approximate surface area is 274 Å². The van der Waals surface area contributed by atoms with Gasteiger partial charge in [-0.2, -0.15) is 0 Å². The molecule has 0 spiro atoms. The average molecular weight is 612 g/mol. The molecule has 0 atom stereocenters. The van der Waals surface area contributed by atoms with E-state index in [1.807, 2.05) is 6.07 Å². The number of para-hydroxylation sites is 2. The molecule has 11 rings (SSSR count). The first kappa shape index (κ1) is 25.6. The van der Waals surface area contributed by atoms with Crippen molar-refractivity contribution < 1.29 is 4.42 Å². The lowest BCUT2D eigenvalue weighted by Gasteiger charge is -2.12. The van der Waals surface area contributed by atoms with E-state index in [9.17, 15) is 0 Å². The van der Waals surface area contributed by atoms with E-state index in [-0.39, 0.29) is 0 Å². The fourth-order valence-electron chi connectivity index (χ4n) is 7.89. The molecule has 3 heterocycles. The summed E-state index contributed by atoms with van der Waals surface area (Å²) >= 11 is 0. The van der Waals surface area contributed by atoms with Crippen molar-refractivity contribution >= 4 is 87.0 Å². The SMILES string of the molecule is c1ccc2c(c1)ccc1oc3c(-c4nc(-n5c6ccc7ccccc7c6c6c7ccccc7ccc65)nc5ccccc45)cccc3c12. The van der Waals surface area contributed by atoms with Crippen LogP contribution < -0.4 is 0 Å². The van der Waals surface area contributed by atoms with Gasteiger partial charge in [0, 0.05) is 32.5 Å². The Kier molecular flexibility index (Phi) is 5.08. The Morgan fingerprint density at radius 1 is 0.417 bits per heavy atom. The summed E-state index contributed by atoms with van der Waals surface area (Å²) in [6.07, 6.45) is 0. The standard InChI is InChI=1S/C44H25N3O/c1-4-13-29-28(12-1)22-25-38-39(29)33-17-9-18-34(43(33)48-38)42-32-16-7-8-19-35(32)45-44(46-42)47-36-23-20-26-10-2-5-14-30(26)40(36)41-31-15-6-3-11-27(31)21-24-37(41)47/h1-25H. The number of benzene rings is 8. The fourth-order valence-corrected chi connectivity index (χ4v) is 7.89. The van der Waals surface area contributed by atoms with Crippen LogP contribution in [-0.4, -0.2) is 14.5 Å². The van der Waals surface area contributed by atoms with E-state index in [0.717, 1.165) is 55.1 Å². The molecular formula is C44H25N3O. The lowest BCUT2D eigenvalue weighted by atomic mass is 10.00. The maximum atomic E-state index is 6.70. The van der Waals surface area contributed by atoms with Crippen LogP contribution in [-0.2, 0) is 0 Å². The van der Waals surface area contributed by atoms with Crippen LogP contribution >= 0.6 is 0 Å². The van der Waals surface area contributed by atoms with Crippen LogP contribution in [0.15, 0.2) is 156 Å². The summed E-state index contributed by atoms with van der Waals surface area (Å²) in [5.74, 6) is 0.632. The van der Waals surface area contributed by atoms with Gasteiger partial charge in [-0.25, -0.2) is 9.97 Å². The van der Waals surface area contributed by atoms with E-state index < -0.39 is 0 Å². The van der Waals surface area contributed by atoms with Crippen LogP contribution in [0.25, 0.3) is 104 Å². The first-order valence-corrected chi connectivity index (χ1v) is 16.3. The number of fused-ring (bicyclic) bond motifs is 13. The monoisotopic (exact) mass is 611 g/mol. The van der Waals surface area contributed by atoms with Crippen LogP contribution in [0.2, 0.25) is 0 Å². The maximum Gasteiger partial charge on any atom is 0.235 e. The lowest BCUT2D eigenvalue weighted by Crippen LogP contribution is -2.03. The first-order valence-electron chi connectivity index (χ1n) is 16.3. The predicted molar refractivity (Wildman–Crippen MR) is 199 cm³/mol. The minimum absolute atomic E-state index is 0.632. The molecule has 0 unspecified atom stereocenters. The molecule has 4 heteroatoms. The zero-order valence-corrected chi connectivity index (χ0v) is 25.7. The Bertz CT molecular complexity index is 3040. The Morgan fingerprint density at radius 3 is 1.62 bits per heavy atom. The summed E-state index contributed by atoms with van der Waals surface area (Å²) < 4.78 is 8.94. The summed E-state index contributed by atoms with van der Waals surface area (Å²) in [7, 11) is 0. The smallest absolute Gasteiger partial charge is 0.235 e. The molecule has 3 aromatic heterocycles. The number of rotatable bonds is 2. The van der Waals surface area contributed by atoms with Gasteiger partial charge in [0.1, 0.15) is 11.2 Å². The molecule has 0 saturated carbocycles. The summed E-state index contributed by atoms with van der Waals surface area (Å²) in [6, 6.07) is 53.5. The van der Waals surface area contributed by atoms with Crippen molar-refractivity contribution in [3.8, 4) is 17.2 Å². The molecule has 0 bridgehead atoms. The van der Waals surface area contributed by atoms with E-state index in [0.29, 0.717) is 5.95 Å². The zero-order valence-electron chi connectivity index (χ0n) is 25.7. The maximum absolute atomic E-state index is 6.70. The molecule has 0 fully saturated rings. The molecular weight excluding hydrogens is 587 g/mol. The Balaban J connectivity index is 1.28. The minimum Gasteiger partial charge on any atom is -0.455 e. The largest absolute Gasteiger partial charge is 0.455 e. The van der Waals surface area contributed by atoms with E-state index >= 15 is 0 Å². The van der Waals surface area contributed by atoms with Gasteiger partial charge in [0.2, 0.25) is 5.95 Å². The van der Waals surface area contributed by atoms with Gasteiger partial charge in [-0.05, 0) is 62.6 Å². The third kappa shape index (κ3) is 3.43. The molecule has 0 amide bonds. The molecule has 0 radical (unpaired) electrons. The van der Waals surface area contributed by atoms with E-state index in [4.69, 9.17) is 14.4 Å². The summed E-state index contributed by atoms with van der Waals surface area (Å²) in [4.78, 5) is 10.7. The highest BCUT2D eigenvalue weighted by molar-refractivity contribution is 6.28. The van der Waals surface area contributed by atoms with Crippen molar-refractivity contribution in [1.82, 2.24) is 14.5 Å². The van der Waals surface area contributed by atoms with Gasteiger partial charge in [-0.15, -0.1) is 0 Å². The molecule has 0 saturated heterocycles. The van der Waals surface area contributed by atoms with E-state index in [2.05, 4.69) is 150 Å². The summed E-state index contributed by atoms with van der Waals surface area (Å²) in [5.41, 5.74) is 6.54. The van der Waals surface area contributed by atoms with Crippen molar-refractivity contribution in [1.29, 1.82) is 0 Å². The van der Waals surface area contributed by atoms with E-state index in [1.165, 1.54) is 43.1 Å². The highest BCUT2D eigenvalue weighted by Gasteiger charge is 2.22. The number of nitrogens with zero attached hydrogens (tertiary/aromatic N) is 3. The third-order valence-corrected chi connectivity index (χ3v) is 9.98. The number of aromatic nitrogens is 3. The second kappa shape index (κ2) is 9.50. The molecule has 0 aliphatic rings. The number of hydrogen-bond donors (Lipinski definition) is 0. The van der Waals surface area contributed by atoms with Crippen molar-refractivity contribution in [3.63, 3.8) is 0 Å². The van der Waals surface area contributed by atoms with Crippen LogP contribution in [0.1, 0.15) is 0 Å². The van der Waals surface area contributed by atoms with Crippen LogP contribution in [0.5, 0.6) is 0 Å². The molecule has 0 aliphatic carbocycles. The number of furan rings is 1. The third-order valence-electron chi connectivity index (χ3n) is 9.98. The van der Waals surface area contributed by atoms with Crippen molar-refractivity contribution in [2.24, 2.45) is 0 Å². The molecule has 0 N–H and O–H groups in total. The summed E-state index contributed by atoms with van der Waals surface area (Å²) in [6.45, 7) is 0. The predicted octanol–water partition coefficient (Wildman–Crippen LogP) is 11.8. The van der Waals surface area contributed by atoms with Crippen LogP contribution in [0, 0.1) is 0 Å². The summed E-state index contributed by atoms with van der Waals surface area (Å²) in [5, 5.41) is 12.9. The zero-order chi connectivity index (χ0) is 31.3. The fraction of sp³-hybridized carbons (Fsp3) is 0. The molecule has 48 heavy (non-hydrogen) atoms. The highest BCUT2D eigenvalue weighted by Crippen LogP contribution is 2.43. The molecule has 8 aromatic carbocycles. The van der Waals surface area contributed by atoms with Crippen molar-refractivity contribution in [2.45, 2.75) is 0 Å². The van der Waals surface area contributed by atoms with Crippen LogP contribution in [0.4, 0.5) is 0 Å². The van der Waals surface area contributed by atoms with Crippen molar-refractivity contribution in [3.05, 3.63) is 152 Å². The molecule has 222 valence electrons. The first-order chi connectivity index (χ1) is 23.8. The number of hydrogen-bond acceptors (Lipinski definition) is 3. The van der Waals surface area contributed by atoms with Crippen LogP contribution in [0.3, 0.4) is 0 Å². The van der Waals surface area contributed by atoms with Crippen molar-refractivity contribution in [2.75, 3.05) is 0 Å². The quantitative estimate of drug-likeness (QED) is 0.195. The van der Waals surface area contributed by atoms with E-state index in [1.54, 1.807) is 0 Å². The van der Waals surface area contributed by atoms with Gasteiger partial charge in [-0.1, -0.05) is 121 Å². The van der Waals surface area contributed by atoms with Gasteiger partial charge in [-0.3, -0.25) is 4.57 Å². The second-order valence-corrected chi connectivity index (χ2v) is 12.5. The van der Waals surface area contributed by atoms with Gasteiger partial charge >= 0.3 is 0 Å². The van der Waals surface area contributed by atoms with Gasteiger partial charge < -0.3 is 4.42 Å². The Hall–Kier alpha value is -6.52. The minimum atomic E-state index is 0.632. The average Bonchev–Trinajstić information content (AvgIpc) is 3.71. The normalized spacial score (nSPS) is 12.2. The topological polar surface area (TPSA) is 43.9 Å². The molecule has 0 aliphatic heterocycles. The second-order valence-electron chi connectivity index (χ2n) is 12.5. The van der Waals surface area contributed by atoms with Gasteiger partial charge in [0.25, 0.3) is 0 Å². The molecule has 11 aromatic rings. The Morgan fingerprint density at radius 2 is 0.958 bits per heavy atom. The molecule has 4 nitrogen and oxygen atoms in total. The highest BCUT2D eigenvalue weighted by atomic mass is 16.3. The van der Waals surface area contributed by atoms with Gasteiger partial charge in [0.05, 0.1) is 22.2 Å².